The first-order valence-corrected chi connectivity index (χ1v) is 6.11. The van der Waals surface area contributed by atoms with Crippen LogP contribution in [0.2, 0.25) is 0 Å². The number of nitrogens with two attached hydrogens (primary N) is 1. The summed E-state index contributed by atoms with van der Waals surface area (Å²) in [5.41, 5.74) is 5.20. The number of hydrogen-bond donors (Lipinski definition) is 1. The quantitative estimate of drug-likeness (QED) is 0.763. The van der Waals surface area contributed by atoms with Crippen molar-refractivity contribution in [3.05, 3.63) is 24.4 Å². The van der Waals surface area contributed by atoms with E-state index in [0.29, 0.717) is 5.82 Å². The molecule has 15 heavy (non-hydrogen) atoms. The van der Waals surface area contributed by atoms with Gasteiger partial charge in [-0.2, -0.15) is 0 Å². The van der Waals surface area contributed by atoms with Crippen LogP contribution in [0.25, 0.3) is 0 Å². The minimum atomic E-state index is -3.51. The molecule has 7 heteroatoms. The molecule has 0 atom stereocenters. The van der Waals surface area contributed by atoms with E-state index in [1.807, 2.05) is 0 Å². The molecule has 82 valence electrons. The lowest BCUT2D eigenvalue weighted by molar-refractivity contribution is 0.598. The number of nitrogens with zero attached hydrogens (tertiary/aromatic N) is 2. The molecule has 1 aromatic heterocycles. The molecule has 0 fully saturated rings. The number of pyridine rings is 1. The van der Waals surface area contributed by atoms with Gasteiger partial charge < -0.3 is 5.73 Å². The third-order valence-electron chi connectivity index (χ3n) is 1.71. The van der Waals surface area contributed by atoms with Crippen LogP contribution in [0.15, 0.2) is 24.4 Å². The van der Waals surface area contributed by atoms with Crippen LogP contribution in [0.5, 0.6) is 0 Å². The summed E-state index contributed by atoms with van der Waals surface area (Å²) in [5.74, 6) is -0.0103. The van der Waals surface area contributed by atoms with Crippen molar-refractivity contribution >= 4 is 33.0 Å². The molecule has 0 saturated carbocycles. The largest absolute Gasteiger partial charge is 0.392 e. The highest BCUT2D eigenvalue weighted by Gasteiger charge is 2.19. The van der Waals surface area contributed by atoms with Gasteiger partial charge in [-0.25, -0.2) is 13.4 Å². The van der Waals surface area contributed by atoms with Gasteiger partial charge in [0.2, 0.25) is 10.0 Å². The summed E-state index contributed by atoms with van der Waals surface area (Å²) in [4.78, 5) is 3.86. The van der Waals surface area contributed by atoms with Crippen LogP contribution < -0.4 is 10.0 Å². The summed E-state index contributed by atoms with van der Waals surface area (Å²) < 4.78 is 24.4. The fraction of sp³-hybridized carbons (Fsp3) is 0.250. The Hall–Kier alpha value is -1.21. The monoisotopic (exact) mass is 245 g/mol. The highest BCUT2D eigenvalue weighted by atomic mass is 32.2. The summed E-state index contributed by atoms with van der Waals surface area (Å²) >= 11 is 4.56. The molecule has 0 aliphatic heterocycles. The van der Waals surface area contributed by atoms with Gasteiger partial charge in [0, 0.05) is 13.2 Å². The molecule has 0 unspecified atom stereocenters. The van der Waals surface area contributed by atoms with Crippen molar-refractivity contribution < 1.29 is 8.42 Å². The van der Waals surface area contributed by atoms with Gasteiger partial charge >= 0.3 is 0 Å². The Bertz CT molecular complexity index is 444. The zero-order valence-corrected chi connectivity index (χ0v) is 9.75. The van der Waals surface area contributed by atoms with Crippen LogP contribution in [0.1, 0.15) is 0 Å². The Morgan fingerprint density at radius 2 is 2.27 bits per heavy atom. The number of anilines is 1. The van der Waals surface area contributed by atoms with Gasteiger partial charge in [0.1, 0.15) is 11.6 Å². The van der Waals surface area contributed by atoms with Crippen LogP contribution in [0.3, 0.4) is 0 Å². The zero-order chi connectivity index (χ0) is 11.5. The molecule has 0 aliphatic carbocycles. The van der Waals surface area contributed by atoms with E-state index in [4.69, 9.17) is 5.73 Å². The van der Waals surface area contributed by atoms with E-state index in [2.05, 4.69) is 17.2 Å². The lowest BCUT2D eigenvalue weighted by Gasteiger charge is -2.17. The van der Waals surface area contributed by atoms with Crippen molar-refractivity contribution in [2.75, 3.05) is 17.1 Å². The first-order chi connectivity index (χ1) is 6.93. The van der Waals surface area contributed by atoms with E-state index >= 15 is 0 Å². The van der Waals surface area contributed by atoms with Gasteiger partial charge in [0.05, 0.1) is 4.99 Å². The number of hydrogen-bond acceptors (Lipinski definition) is 4. The van der Waals surface area contributed by atoms with Crippen molar-refractivity contribution in [1.29, 1.82) is 0 Å². The Balaban J connectivity index is 2.95. The number of sulfonamides is 1. The maximum Gasteiger partial charge on any atom is 0.242 e. The second kappa shape index (κ2) is 4.54. The molecule has 0 aliphatic rings. The average Bonchev–Trinajstić information content (AvgIpc) is 2.16. The summed E-state index contributed by atoms with van der Waals surface area (Å²) in [6, 6.07) is 5.00. The summed E-state index contributed by atoms with van der Waals surface area (Å²) in [5, 5.41) is 0. The standard InChI is InChI=1S/C8H11N3O2S2/c1-11(8-4-2-3-5-10-8)15(12,13)6-7(9)14/h2-5H,6H2,1H3,(H2,9,14). The molecule has 1 aromatic rings. The van der Waals surface area contributed by atoms with E-state index < -0.39 is 10.0 Å². The van der Waals surface area contributed by atoms with Gasteiger partial charge in [-0.05, 0) is 12.1 Å². The van der Waals surface area contributed by atoms with Gasteiger partial charge in [-0.15, -0.1) is 0 Å². The van der Waals surface area contributed by atoms with E-state index in [1.54, 1.807) is 18.2 Å². The number of aromatic nitrogens is 1. The lowest BCUT2D eigenvalue weighted by atomic mass is 10.5. The van der Waals surface area contributed by atoms with Gasteiger partial charge in [-0.3, -0.25) is 4.31 Å². The lowest BCUT2D eigenvalue weighted by Crippen LogP contribution is -2.34. The number of thiocarbonyl (C=S) groups is 1. The van der Waals surface area contributed by atoms with Crippen LogP contribution in [0.4, 0.5) is 5.82 Å². The summed E-state index contributed by atoms with van der Waals surface area (Å²) in [7, 11) is -2.10. The van der Waals surface area contributed by atoms with E-state index in [1.165, 1.54) is 13.2 Å². The Labute approximate surface area is 94.0 Å². The maximum atomic E-state index is 11.7. The molecule has 2 N–H and O–H groups in total. The predicted octanol–water partition coefficient (Wildman–Crippen LogP) is 0.134. The second-order valence-corrected chi connectivity index (χ2v) is 5.40. The van der Waals surface area contributed by atoms with Crippen LogP contribution in [-0.2, 0) is 10.0 Å². The van der Waals surface area contributed by atoms with Crippen LogP contribution >= 0.6 is 12.2 Å². The van der Waals surface area contributed by atoms with Gasteiger partial charge in [-0.1, -0.05) is 18.3 Å². The third kappa shape index (κ3) is 3.14. The van der Waals surface area contributed by atoms with Gasteiger partial charge in [0.25, 0.3) is 0 Å². The van der Waals surface area contributed by atoms with Crippen LogP contribution in [0, 0.1) is 0 Å². The Morgan fingerprint density at radius 3 is 2.73 bits per heavy atom. The first-order valence-electron chi connectivity index (χ1n) is 4.09. The topological polar surface area (TPSA) is 76.3 Å². The predicted molar refractivity (Wildman–Crippen MR) is 63.2 cm³/mol. The molecule has 0 spiro atoms. The fourth-order valence-electron chi connectivity index (χ4n) is 0.959. The minimum absolute atomic E-state index is 0.0576. The van der Waals surface area contributed by atoms with E-state index in [9.17, 15) is 8.42 Å². The van der Waals surface area contributed by atoms with Gasteiger partial charge in [0.15, 0.2) is 0 Å². The maximum absolute atomic E-state index is 11.7. The molecular weight excluding hydrogens is 234 g/mol. The molecule has 0 aromatic carbocycles. The van der Waals surface area contributed by atoms with Crippen molar-refractivity contribution in [2.24, 2.45) is 5.73 Å². The van der Waals surface area contributed by atoms with Crippen LogP contribution in [-0.4, -0.2) is 31.2 Å². The molecule has 1 rings (SSSR count). The first kappa shape index (κ1) is 11.9. The van der Waals surface area contributed by atoms with Crippen molar-refractivity contribution in [3.63, 3.8) is 0 Å². The summed E-state index contributed by atoms with van der Waals surface area (Å²) in [6.07, 6.45) is 1.52. The Kier molecular flexibility index (Phi) is 3.59. The second-order valence-electron chi connectivity index (χ2n) is 2.88. The van der Waals surface area contributed by atoms with E-state index in [-0.39, 0.29) is 10.7 Å². The van der Waals surface area contributed by atoms with Crippen molar-refractivity contribution in [3.8, 4) is 0 Å². The normalized spacial score (nSPS) is 11.0. The summed E-state index contributed by atoms with van der Waals surface area (Å²) in [6.45, 7) is 0. The average molecular weight is 245 g/mol. The molecule has 0 amide bonds. The molecule has 0 saturated heterocycles. The molecule has 5 nitrogen and oxygen atoms in total. The SMILES string of the molecule is CN(c1ccccn1)S(=O)(=O)CC(N)=S. The molecule has 0 bridgehead atoms. The smallest absolute Gasteiger partial charge is 0.242 e. The number of rotatable bonds is 4. The Morgan fingerprint density at radius 1 is 1.60 bits per heavy atom. The molecule has 1 heterocycles. The highest BCUT2D eigenvalue weighted by Crippen LogP contribution is 2.11. The minimum Gasteiger partial charge on any atom is -0.392 e. The zero-order valence-electron chi connectivity index (χ0n) is 8.12. The highest BCUT2D eigenvalue weighted by molar-refractivity contribution is 7.95. The van der Waals surface area contributed by atoms with Crippen molar-refractivity contribution in [1.82, 2.24) is 4.98 Å². The molecular formula is C8H11N3O2S2. The van der Waals surface area contributed by atoms with Crippen molar-refractivity contribution in [2.45, 2.75) is 0 Å². The molecule has 0 radical (unpaired) electrons. The van der Waals surface area contributed by atoms with E-state index in [0.717, 1.165) is 4.31 Å². The third-order valence-corrected chi connectivity index (χ3v) is 3.74. The fourth-order valence-corrected chi connectivity index (χ4v) is 2.35.